The number of carbonyl (C=O) groups is 1. The van der Waals surface area contributed by atoms with Crippen LogP contribution in [0.5, 0.6) is 0 Å². The fraction of sp³-hybridized carbons (Fsp3) is 0. The zero-order chi connectivity index (χ0) is 4.00. The number of carbonyl (C=O) groups excluding carboxylic acids is 1. The molecule has 0 fully saturated rings. The normalized spacial score (nSPS) is 2.50. The maximum atomic E-state index is 8.00. The van der Waals surface area contributed by atoms with E-state index in [1.165, 1.54) is 0 Å². The Morgan fingerprint density at radius 1 is 1.25 bits per heavy atom. The second-order valence-corrected chi connectivity index (χ2v) is 0. The Morgan fingerprint density at radius 2 is 1.25 bits per heavy atom. The first-order chi connectivity index (χ1) is 2.00. The zero-order valence-electron chi connectivity index (χ0n) is 1.84. The summed E-state index contributed by atoms with van der Waals surface area (Å²) in [6, 6.07) is 0. The predicted molar refractivity (Wildman–Crippen MR) is 7.81 cm³/mol. The van der Waals surface area contributed by atoms with Crippen LogP contribution in [0.1, 0.15) is 0 Å². The molecule has 0 heterocycles. The summed E-state index contributed by atoms with van der Waals surface area (Å²) in [6.07, 6.45) is 0. The summed E-state index contributed by atoms with van der Waals surface area (Å²) in [5, 5.41) is 0. The molecular formula is CH2NiO2. The molecule has 0 saturated heterocycles. The summed E-state index contributed by atoms with van der Waals surface area (Å²) in [5.41, 5.74) is 0. The first-order valence-electron chi connectivity index (χ1n) is 0.418. The van der Waals surface area contributed by atoms with Gasteiger partial charge in [-0.05, 0) is 0 Å². The summed E-state index contributed by atoms with van der Waals surface area (Å²) >= 11 is 2.62. The summed E-state index contributed by atoms with van der Waals surface area (Å²) in [7, 11) is 0. The molecule has 0 saturated carbocycles. The van der Waals surface area contributed by atoms with Crippen LogP contribution in [-0.2, 0) is 24.1 Å². The summed E-state index contributed by atoms with van der Waals surface area (Å²) in [6.45, 7) is 2.00. The van der Waals surface area contributed by atoms with Crippen LogP contribution in [-0.4, -0.2) is 6.79 Å². The molecule has 0 N–H and O–H groups in total. The van der Waals surface area contributed by atoms with Gasteiger partial charge in [-0.3, -0.25) is 0 Å². The average Bonchev–Trinajstić information content (AvgIpc) is 1.50. The van der Waals surface area contributed by atoms with Crippen LogP contribution in [0.25, 0.3) is 0 Å². The molecule has 0 spiro atoms. The van der Waals surface area contributed by atoms with E-state index < -0.39 is 0 Å². The third-order valence-corrected chi connectivity index (χ3v) is 0. The Labute approximate surface area is 31.7 Å². The standard InChI is InChI=1S/CH2O.Ni.O/c1-2;;/h1H2;;. The molecule has 0 aromatic heterocycles. The van der Waals surface area contributed by atoms with Crippen LogP contribution in [0.2, 0.25) is 0 Å². The molecule has 3 heteroatoms. The molecule has 0 rings (SSSR count). The topological polar surface area (TPSA) is 34.1 Å². The second kappa shape index (κ2) is 8580. The first-order valence-corrected chi connectivity index (χ1v) is 0.821. The van der Waals surface area contributed by atoms with Crippen LogP contribution in [0.4, 0.5) is 0 Å². The molecule has 0 aromatic rings. The molecule has 0 aliphatic carbocycles. The zero-order valence-corrected chi connectivity index (χ0v) is 2.83. The van der Waals surface area contributed by atoms with Crippen molar-refractivity contribution in [3.63, 3.8) is 0 Å². The van der Waals surface area contributed by atoms with Crippen LogP contribution >= 0.6 is 0 Å². The minimum atomic E-state index is 2.00. The summed E-state index contributed by atoms with van der Waals surface area (Å²) in [5.74, 6) is 0. The Balaban J connectivity index is 0. The van der Waals surface area contributed by atoms with Gasteiger partial charge in [0.15, 0.2) is 0 Å². The van der Waals surface area contributed by atoms with Gasteiger partial charge in [0.05, 0.1) is 0 Å². The van der Waals surface area contributed by atoms with Gasteiger partial charge in [-0.2, -0.15) is 0 Å². The number of hydrogen-bond acceptors (Lipinski definition) is 2. The molecule has 0 amide bonds. The van der Waals surface area contributed by atoms with Crippen molar-refractivity contribution in [3.8, 4) is 0 Å². The van der Waals surface area contributed by atoms with Crippen LogP contribution in [0.3, 0.4) is 0 Å². The molecule has 0 aliphatic rings. The van der Waals surface area contributed by atoms with Gasteiger partial charge in [0, 0.05) is 0 Å². The SMILES string of the molecule is C=O.[O]=[Ni]. The molecule has 4 heavy (non-hydrogen) atoms. The van der Waals surface area contributed by atoms with Crippen LogP contribution in [0.15, 0.2) is 0 Å². The van der Waals surface area contributed by atoms with Crippen molar-refractivity contribution < 1.29 is 24.1 Å². The molecule has 0 bridgehead atoms. The van der Waals surface area contributed by atoms with E-state index in [0.717, 1.165) is 0 Å². The van der Waals surface area contributed by atoms with Gasteiger partial charge < -0.3 is 4.79 Å². The Bertz CT molecular complexity index is 8.00. The van der Waals surface area contributed by atoms with Crippen molar-refractivity contribution in [2.75, 3.05) is 0 Å². The third kappa shape index (κ3) is 1370. The van der Waals surface area contributed by atoms with Crippen molar-refractivity contribution in [1.29, 1.82) is 0 Å². The van der Waals surface area contributed by atoms with E-state index in [-0.39, 0.29) is 0 Å². The third-order valence-electron chi connectivity index (χ3n) is 0. The van der Waals surface area contributed by atoms with Gasteiger partial charge in [0.2, 0.25) is 0 Å². The van der Waals surface area contributed by atoms with Crippen molar-refractivity contribution in [1.82, 2.24) is 0 Å². The van der Waals surface area contributed by atoms with Gasteiger partial charge in [0.25, 0.3) is 0 Å². The van der Waals surface area contributed by atoms with Gasteiger partial charge in [0.1, 0.15) is 6.79 Å². The predicted octanol–water partition coefficient (Wildman–Crippen LogP) is -0.306. The Hall–Kier alpha value is -0.0365. The van der Waals surface area contributed by atoms with E-state index in [1.54, 1.807) is 0 Å². The van der Waals surface area contributed by atoms with E-state index in [1.807, 2.05) is 6.79 Å². The molecule has 0 radical (unpaired) electrons. The van der Waals surface area contributed by atoms with E-state index in [0.29, 0.717) is 0 Å². The maximum absolute atomic E-state index is 8.00. The quantitative estimate of drug-likeness (QED) is 0.396. The molecule has 0 aliphatic heterocycles. The molecule has 28 valence electrons. The Kier molecular flexibility index (Phi) is 19400. The van der Waals surface area contributed by atoms with E-state index in [2.05, 4.69) is 15.4 Å². The van der Waals surface area contributed by atoms with Gasteiger partial charge in [-0.25, -0.2) is 0 Å². The minimum absolute atomic E-state index is 2.00. The Morgan fingerprint density at radius 3 is 1.25 bits per heavy atom. The van der Waals surface area contributed by atoms with Crippen molar-refractivity contribution in [2.24, 2.45) is 0 Å². The van der Waals surface area contributed by atoms with Gasteiger partial charge >= 0.3 is 19.3 Å². The molecule has 0 aromatic carbocycles. The summed E-state index contributed by atoms with van der Waals surface area (Å²) < 4.78 is 7.88. The van der Waals surface area contributed by atoms with Crippen molar-refractivity contribution in [2.45, 2.75) is 0 Å². The van der Waals surface area contributed by atoms with Crippen molar-refractivity contribution in [3.05, 3.63) is 0 Å². The molecule has 0 atom stereocenters. The number of rotatable bonds is 0. The molecule has 0 unspecified atom stereocenters. The molecular weight excluding hydrogens is 103 g/mol. The monoisotopic (exact) mass is 104 g/mol. The van der Waals surface area contributed by atoms with Crippen LogP contribution < -0.4 is 0 Å². The van der Waals surface area contributed by atoms with Gasteiger partial charge in [-0.15, -0.1) is 0 Å². The van der Waals surface area contributed by atoms with E-state index in [4.69, 9.17) is 8.69 Å². The fourth-order valence-electron chi connectivity index (χ4n) is 0. The summed E-state index contributed by atoms with van der Waals surface area (Å²) in [4.78, 5) is 8.00. The van der Waals surface area contributed by atoms with Gasteiger partial charge in [-0.1, -0.05) is 0 Å². The number of hydrogen-bond donors (Lipinski definition) is 0. The van der Waals surface area contributed by atoms with Crippen LogP contribution in [0, 0.1) is 0 Å². The van der Waals surface area contributed by atoms with Crippen molar-refractivity contribution >= 4 is 6.79 Å². The van der Waals surface area contributed by atoms with E-state index in [9.17, 15) is 0 Å². The molecule has 2 nitrogen and oxygen atoms in total. The average molecular weight is 105 g/mol. The first kappa shape index (κ1) is 9.03. The fourth-order valence-corrected chi connectivity index (χ4v) is 0. The second-order valence-electron chi connectivity index (χ2n) is 0. The van der Waals surface area contributed by atoms with E-state index >= 15 is 0 Å².